The third-order valence-corrected chi connectivity index (χ3v) is 5.20. The van der Waals surface area contributed by atoms with Gasteiger partial charge in [0.15, 0.2) is 6.20 Å². The normalized spacial score (nSPS) is 17.7. The molecule has 33 heavy (non-hydrogen) atoms. The Labute approximate surface area is 192 Å². The highest BCUT2D eigenvalue weighted by molar-refractivity contribution is 5.70. The van der Waals surface area contributed by atoms with Crippen molar-refractivity contribution in [2.45, 2.75) is 13.5 Å². The molecule has 0 aromatic carbocycles. The van der Waals surface area contributed by atoms with E-state index in [1.807, 2.05) is 11.8 Å². The summed E-state index contributed by atoms with van der Waals surface area (Å²) in [5, 5.41) is 39.9. The molecule has 0 unspecified atom stereocenters. The van der Waals surface area contributed by atoms with E-state index < -0.39 is 17.9 Å². The van der Waals surface area contributed by atoms with Crippen LogP contribution in [-0.2, 0) is 20.9 Å². The van der Waals surface area contributed by atoms with E-state index >= 15 is 0 Å². The molecule has 2 heterocycles. The van der Waals surface area contributed by atoms with Crippen LogP contribution in [0.25, 0.3) is 0 Å². The van der Waals surface area contributed by atoms with Gasteiger partial charge in [-0.25, -0.2) is 0 Å². The van der Waals surface area contributed by atoms with Crippen LogP contribution in [0.3, 0.4) is 0 Å². The van der Waals surface area contributed by atoms with Crippen molar-refractivity contribution in [1.29, 1.82) is 0 Å². The largest absolute Gasteiger partial charge is 0.618 e. The molecule has 3 N–H and O–H groups in total. The monoisotopic (exact) mass is 465 g/mol. The summed E-state index contributed by atoms with van der Waals surface area (Å²) in [5.74, 6) is -3.02. The van der Waals surface area contributed by atoms with Crippen molar-refractivity contribution in [3.8, 4) is 0 Å². The minimum Gasteiger partial charge on any atom is -0.618 e. The molecular formula is C21H31N5O7. The number of aromatic nitrogens is 1. The molecule has 0 amide bonds. The van der Waals surface area contributed by atoms with Crippen LogP contribution in [0.4, 0.5) is 0 Å². The second-order valence-electron chi connectivity index (χ2n) is 7.99. The predicted octanol–water partition coefficient (Wildman–Crippen LogP) is -0.925. The van der Waals surface area contributed by atoms with Gasteiger partial charge in [0.05, 0.1) is 13.1 Å². The second-order valence-corrected chi connectivity index (χ2v) is 7.99. The Balaban J connectivity index is 2.28. The minimum absolute atomic E-state index is 0.199. The SMILES string of the molecule is Cc1cc[n+]([O-])c(CN2/C=C\N(CC(=O)O)CCN(CC(=O)O)CCN(CC(=O)O)CC2)c1. The molecule has 0 radical (unpaired) electrons. The Bertz CT molecular complexity index is 863. The average molecular weight is 466 g/mol. The molecule has 2 rings (SSSR count). The molecule has 1 aliphatic rings. The van der Waals surface area contributed by atoms with E-state index in [4.69, 9.17) is 0 Å². The molecule has 1 aromatic rings. The van der Waals surface area contributed by atoms with E-state index in [0.717, 1.165) is 10.3 Å². The smallest absolute Gasteiger partial charge is 0.323 e. The van der Waals surface area contributed by atoms with Gasteiger partial charge >= 0.3 is 17.9 Å². The van der Waals surface area contributed by atoms with Crippen LogP contribution >= 0.6 is 0 Å². The molecule has 12 heteroatoms. The fourth-order valence-electron chi connectivity index (χ4n) is 3.50. The Morgan fingerprint density at radius 3 is 1.88 bits per heavy atom. The van der Waals surface area contributed by atoms with Crippen LogP contribution in [0.1, 0.15) is 11.3 Å². The van der Waals surface area contributed by atoms with Gasteiger partial charge in [0.25, 0.3) is 0 Å². The van der Waals surface area contributed by atoms with E-state index in [2.05, 4.69) is 0 Å². The van der Waals surface area contributed by atoms with Gasteiger partial charge in [0.1, 0.15) is 13.1 Å². The van der Waals surface area contributed by atoms with Crippen molar-refractivity contribution < 1.29 is 34.4 Å². The lowest BCUT2D eigenvalue weighted by Gasteiger charge is -2.31. The van der Waals surface area contributed by atoms with Crippen molar-refractivity contribution in [2.75, 3.05) is 58.9 Å². The highest BCUT2D eigenvalue weighted by Gasteiger charge is 2.19. The number of rotatable bonds is 8. The topological polar surface area (TPSA) is 152 Å². The van der Waals surface area contributed by atoms with Gasteiger partial charge in [-0.3, -0.25) is 24.2 Å². The first-order valence-electron chi connectivity index (χ1n) is 10.6. The Morgan fingerprint density at radius 1 is 0.848 bits per heavy atom. The maximum absolute atomic E-state index is 12.2. The molecule has 0 atom stereocenters. The van der Waals surface area contributed by atoms with Crippen molar-refractivity contribution in [2.24, 2.45) is 0 Å². The van der Waals surface area contributed by atoms with Crippen LogP contribution in [-0.4, -0.2) is 112 Å². The standard InChI is InChI=1S/C21H31N5O7/c1-17-2-3-26(33)18(12-17)13-22-4-6-23(14-19(27)28)8-10-25(16-21(31)32)11-9-24(7-5-22)15-20(29)30/h2-4,6,12H,5,7-11,13-16H2,1H3,(H,27,28)(H,29,30)(H,31,32)/b6-4-. The minimum atomic E-state index is -1.02. The summed E-state index contributed by atoms with van der Waals surface area (Å²) in [6.45, 7) is 3.42. The fourth-order valence-corrected chi connectivity index (χ4v) is 3.50. The summed E-state index contributed by atoms with van der Waals surface area (Å²) in [5.41, 5.74) is 1.43. The summed E-state index contributed by atoms with van der Waals surface area (Å²) in [6.07, 6.45) is 4.73. The lowest BCUT2D eigenvalue weighted by Crippen LogP contribution is -2.45. The van der Waals surface area contributed by atoms with Crippen LogP contribution < -0.4 is 4.73 Å². The van der Waals surface area contributed by atoms with Crippen molar-refractivity contribution in [3.05, 3.63) is 47.2 Å². The Kier molecular flexibility index (Phi) is 9.88. The van der Waals surface area contributed by atoms with E-state index in [9.17, 15) is 34.9 Å². The number of hydrogen-bond donors (Lipinski definition) is 3. The van der Waals surface area contributed by atoms with Crippen molar-refractivity contribution >= 4 is 17.9 Å². The van der Waals surface area contributed by atoms with Gasteiger partial charge < -0.3 is 30.3 Å². The van der Waals surface area contributed by atoms with E-state index in [0.29, 0.717) is 38.4 Å². The highest BCUT2D eigenvalue weighted by Crippen LogP contribution is 2.07. The third-order valence-electron chi connectivity index (χ3n) is 5.20. The summed E-state index contributed by atoms with van der Waals surface area (Å²) in [7, 11) is 0. The van der Waals surface area contributed by atoms with Crippen molar-refractivity contribution in [3.63, 3.8) is 0 Å². The number of nitrogens with zero attached hydrogens (tertiary/aromatic N) is 5. The fraction of sp³-hybridized carbons (Fsp3) is 0.524. The molecule has 0 saturated heterocycles. The molecule has 182 valence electrons. The summed E-state index contributed by atoms with van der Waals surface area (Å²) in [6, 6.07) is 3.47. The highest BCUT2D eigenvalue weighted by atomic mass is 16.5. The molecule has 0 spiro atoms. The van der Waals surface area contributed by atoms with Gasteiger partial charge in [-0.1, -0.05) is 0 Å². The maximum atomic E-state index is 12.2. The summed E-state index contributed by atoms with van der Waals surface area (Å²) in [4.78, 5) is 40.6. The molecule has 0 saturated carbocycles. The number of hydrogen-bond acceptors (Lipinski definition) is 8. The van der Waals surface area contributed by atoms with Gasteiger partial charge in [-0.2, -0.15) is 4.73 Å². The summed E-state index contributed by atoms with van der Waals surface area (Å²) < 4.78 is 0.769. The lowest BCUT2D eigenvalue weighted by molar-refractivity contribution is -0.615. The van der Waals surface area contributed by atoms with Gasteiger partial charge in [-0.15, -0.1) is 0 Å². The zero-order valence-electron chi connectivity index (χ0n) is 18.7. The second kappa shape index (κ2) is 12.6. The third kappa shape index (κ3) is 9.74. The molecule has 0 aliphatic carbocycles. The van der Waals surface area contributed by atoms with Gasteiger partial charge in [0.2, 0.25) is 5.69 Å². The zero-order chi connectivity index (χ0) is 24.4. The molecular weight excluding hydrogens is 434 g/mol. The quantitative estimate of drug-likeness (QED) is 0.323. The Hall–Kier alpha value is -3.38. The average Bonchev–Trinajstić information content (AvgIpc) is 2.71. The molecule has 1 aliphatic heterocycles. The van der Waals surface area contributed by atoms with Crippen molar-refractivity contribution in [1.82, 2.24) is 19.6 Å². The van der Waals surface area contributed by atoms with Crippen LogP contribution in [0, 0.1) is 12.1 Å². The first-order valence-corrected chi connectivity index (χ1v) is 10.6. The van der Waals surface area contributed by atoms with Gasteiger partial charge in [-0.05, 0) is 12.5 Å². The molecule has 12 nitrogen and oxygen atoms in total. The molecule has 1 aromatic heterocycles. The number of aryl methyl sites for hydroxylation is 1. The van der Waals surface area contributed by atoms with Gasteiger partial charge in [0, 0.05) is 63.8 Å². The maximum Gasteiger partial charge on any atom is 0.323 e. The number of carboxylic acids is 3. The number of aliphatic carboxylic acids is 3. The first kappa shape index (κ1) is 25.9. The van der Waals surface area contributed by atoms with Crippen LogP contribution in [0.5, 0.6) is 0 Å². The van der Waals surface area contributed by atoms with E-state index in [1.54, 1.807) is 39.2 Å². The zero-order valence-corrected chi connectivity index (χ0v) is 18.7. The van der Waals surface area contributed by atoms with E-state index in [-0.39, 0.29) is 32.7 Å². The predicted molar refractivity (Wildman–Crippen MR) is 117 cm³/mol. The van der Waals surface area contributed by atoms with Crippen LogP contribution in [0.2, 0.25) is 0 Å². The molecule has 0 fully saturated rings. The molecule has 0 bridgehead atoms. The number of carbonyl (C=O) groups is 3. The lowest BCUT2D eigenvalue weighted by atomic mass is 10.2. The number of carboxylic acid groups (broad SMARTS) is 3. The van der Waals surface area contributed by atoms with Crippen LogP contribution in [0.15, 0.2) is 30.7 Å². The summed E-state index contributed by atoms with van der Waals surface area (Å²) >= 11 is 0. The first-order chi connectivity index (χ1) is 15.6. The Morgan fingerprint density at radius 2 is 1.33 bits per heavy atom. The number of pyridine rings is 1. The van der Waals surface area contributed by atoms with E-state index in [1.165, 1.54) is 6.20 Å².